The highest BCUT2D eigenvalue weighted by Crippen LogP contribution is 2.14. The number of hydrogen-bond acceptors (Lipinski definition) is 2. The van der Waals surface area contributed by atoms with Crippen molar-refractivity contribution in [1.29, 1.82) is 0 Å². The second-order valence-electron chi connectivity index (χ2n) is 4.03. The number of aryl methyl sites for hydroxylation is 1. The topological polar surface area (TPSA) is 34.6 Å². The molecule has 4 nitrogen and oxygen atoms in total. The highest BCUT2D eigenvalue weighted by atomic mass is 15.6. The normalized spacial score (nSPS) is 12.0. The maximum Gasteiger partial charge on any atom is 0.244 e. The van der Waals surface area contributed by atoms with Crippen LogP contribution in [0.15, 0.2) is 6.33 Å². The SMILES string of the molecule is C[n+]1cn(CC(C)(C)C)nn1. The minimum atomic E-state index is 0.265. The van der Waals surface area contributed by atoms with Gasteiger partial charge in [0.15, 0.2) is 5.21 Å². The molecular formula is C7H15N4+. The van der Waals surface area contributed by atoms with E-state index in [1.807, 2.05) is 18.1 Å². The maximum atomic E-state index is 3.93. The van der Waals surface area contributed by atoms with Crippen molar-refractivity contribution in [1.82, 2.24) is 15.1 Å². The van der Waals surface area contributed by atoms with E-state index < -0.39 is 0 Å². The number of hydrogen-bond donors (Lipinski definition) is 0. The standard InChI is InChI=1S/C7H15N4/c1-7(2,3)5-11-6-10(4)8-9-11/h6H,5H2,1-4H3/q+1. The highest BCUT2D eigenvalue weighted by molar-refractivity contribution is 4.59. The first kappa shape index (κ1) is 8.17. The van der Waals surface area contributed by atoms with Gasteiger partial charge in [-0.3, -0.25) is 0 Å². The number of tetrazole rings is 1. The molecule has 11 heavy (non-hydrogen) atoms. The van der Waals surface area contributed by atoms with Gasteiger partial charge >= 0.3 is 0 Å². The van der Waals surface area contributed by atoms with Gasteiger partial charge in [-0.2, -0.15) is 0 Å². The summed E-state index contributed by atoms with van der Waals surface area (Å²) in [7, 11) is 1.87. The van der Waals surface area contributed by atoms with Gasteiger partial charge in [-0.15, -0.1) is 4.68 Å². The van der Waals surface area contributed by atoms with Crippen molar-refractivity contribution in [2.24, 2.45) is 12.5 Å². The molecule has 0 saturated heterocycles. The summed E-state index contributed by atoms with van der Waals surface area (Å²) in [4.78, 5) is 0. The van der Waals surface area contributed by atoms with Crippen LogP contribution in [0.3, 0.4) is 0 Å². The fourth-order valence-corrected chi connectivity index (χ4v) is 0.912. The van der Waals surface area contributed by atoms with Crippen LogP contribution in [0.2, 0.25) is 0 Å². The van der Waals surface area contributed by atoms with Gasteiger partial charge < -0.3 is 0 Å². The summed E-state index contributed by atoms with van der Waals surface area (Å²) < 4.78 is 3.55. The highest BCUT2D eigenvalue weighted by Gasteiger charge is 2.16. The Morgan fingerprint density at radius 2 is 2.09 bits per heavy atom. The third-order valence-corrected chi connectivity index (χ3v) is 1.23. The van der Waals surface area contributed by atoms with Crippen LogP contribution in [0.25, 0.3) is 0 Å². The largest absolute Gasteiger partial charge is 0.244 e. The molecule has 1 heterocycles. The van der Waals surface area contributed by atoms with Gasteiger partial charge in [0, 0.05) is 0 Å². The van der Waals surface area contributed by atoms with E-state index >= 15 is 0 Å². The Hall–Kier alpha value is -0.930. The second-order valence-corrected chi connectivity index (χ2v) is 4.03. The molecule has 0 spiro atoms. The van der Waals surface area contributed by atoms with Crippen molar-refractivity contribution in [2.45, 2.75) is 27.3 Å². The van der Waals surface area contributed by atoms with Gasteiger partial charge in [-0.25, -0.2) is 0 Å². The average molecular weight is 155 g/mol. The van der Waals surface area contributed by atoms with Crippen molar-refractivity contribution in [3.05, 3.63) is 6.33 Å². The van der Waals surface area contributed by atoms with Crippen molar-refractivity contribution >= 4 is 0 Å². The lowest BCUT2D eigenvalue weighted by Crippen LogP contribution is -2.29. The zero-order chi connectivity index (χ0) is 8.48. The number of nitrogens with zero attached hydrogens (tertiary/aromatic N) is 4. The van der Waals surface area contributed by atoms with Crippen molar-refractivity contribution in [2.75, 3.05) is 0 Å². The first-order valence-corrected chi connectivity index (χ1v) is 3.73. The monoisotopic (exact) mass is 155 g/mol. The third kappa shape index (κ3) is 2.65. The molecular weight excluding hydrogens is 140 g/mol. The molecule has 0 bridgehead atoms. The molecule has 0 fully saturated rings. The van der Waals surface area contributed by atoms with E-state index in [4.69, 9.17) is 0 Å². The molecule has 0 aliphatic carbocycles. The molecule has 1 aromatic heterocycles. The lowest BCUT2D eigenvalue weighted by Gasteiger charge is -2.12. The summed E-state index contributed by atoms with van der Waals surface area (Å²) in [6.07, 6.45) is 1.88. The lowest BCUT2D eigenvalue weighted by molar-refractivity contribution is -0.731. The van der Waals surface area contributed by atoms with Crippen LogP contribution in [-0.4, -0.2) is 15.1 Å². The molecule has 1 aromatic rings. The summed E-state index contributed by atoms with van der Waals surface area (Å²) in [6.45, 7) is 7.43. The smallest absolute Gasteiger partial charge is 0.143 e. The molecule has 1 rings (SSSR count). The van der Waals surface area contributed by atoms with Crippen LogP contribution < -0.4 is 4.68 Å². The fraction of sp³-hybridized carbons (Fsp3) is 0.857. The van der Waals surface area contributed by atoms with E-state index in [-0.39, 0.29) is 5.41 Å². The Labute approximate surface area is 66.8 Å². The predicted octanol–water partition coefficient (Wildman–Crippen LogP) is 0.149. The average Bonchev–Trinajstić information content (AvgIpc) is 2.10. The minimum Gasteiger partial charge on any atom is -0.143 e. The van der Waals surface area contributed by atoms with Gasteiger partial charge in [-0.05, 0) is 5.41 Å². The molecule has 0 atom stereocenters. The summed E-state index contributed by atoms with van der Waals surface area (Å²) in [5, 5.41) is 7.76. The van der Waals surface area contributed by atoms with Gasteiger partial charge in [-0.1, -0.05) is 25.5 Å². The predicted molar refractivity (Wildman–Crippen MR) is 40.7 cm³/mol. The Bertz CT molecular complexity index is 233. The Morgan fingerprint density at radius 1 is 1.45 bits per heavy atom. The van der Waals surface area contributed by atoms with Crippen molar-refractivity contribution < 1.29 is 4.68 Å². The molecule has 0 saturated carbocycles. The molecule has 0 aromatic carbocycles. The first-order chi connectivity index (χ1) is 4.97. The van der Waals surface area contributed by atoms with Gasteiger partial charge in [0.2, 0.25) is 6.33 Å². The molecule has 4 heteroatoms. The van der Waals surface area contributed by atoms with E-state index in [0.717, 1.165) is 6.54 Å². The summed E-state index contributed by atoms with van der Waals surface area (Å²) in [5.74, 6) is 0. The quantitative estimate of drug-likeness (QED) is 0.541. The van der Waals surface area contributed by atoms with Gasteiger partial charge in [0.1, 0.15) is 11.8 Å². The summed E-state index contributed by atoms with van der Waals surface area (Å²) >= 11 is 0. The number of aromatic nitrogens is 4. The molecule has 0 amide bonds. The van der Waals surface area contributed by atoms with E-state index in [1.165, 1.54) is 0 Å². The van der Waals surface area contributed by atoms with Crippen LogP contribution >= 0.6 is 0 Å². The molecule has 62 valence electrons. The zero-order valence-electron chi connectivity index (χ0n) is 7.57. The molecule has 0 aliphatic rings. The summed E-state index contributed by atoms with van der Waals surface area (Å²) in [6, 6.07) is 0. The van der Waals surface area contributed by atoms with Crippen LogP contribution in [0.5, 0.6) is 0 Å². The summed E-state index contributed by atoms with van der Waals surface area (Å²) in [5.41, 5.74) is 0.265. The van der Waals surface area contributed by atoms with E-state index in [1.54, 1.807) is 4.68 Å². The second kappa shape index (κ2) is 2.60. The molecule has 0 aliphatic heterocycles. The Morgan fingerprint density at radius 3 is 2.45 bits per heavy atom. The first-order valence-electron chi connectivity index (χ1n) is 3.73. The molecule has 0 unspecified atom stereocenters. The number of rotatable bonds is 1. The van der Waals surface area contributed by atoms with Crippen LogP contribution in [-0.2, 0) is 13.6 Å². The lowest BCUT2D eigenvalue weighted by atomic mass is 9.97. The zero-order valence-corrected chi connectivity index (χ0v) is 7.57. The van der Waals surface area contributed by atoms with Crippen LogP contribution in [0.1, 0.15) is 20.8 Å². The minimum absolute atomic E-state index is 0.265. The van der Waals surface area contributed by atoms with E-state index in [2.05, 4.69) is 31.2 Å². The van der Waals surface area contributed by atoms with Gasteiger partial charge in [0.05, 0.1) is 7.05 Å². The van der Waals surface area contributed by atoms with Crippen LogP contribution in [0, 0.1) is 5.41 Å². The molecule has 0 radical (unpaired) electrons. The van der Waals surface area contributed by atoms with Crippen molar-refractivity contribution in [3.63, 3.8) is 0 Å². The van der Waals surface area contributed by atoms with E-state index in [9.17, 15) is 0 Å². The van der Waals surface area contributed by atoms with Crippen molar-refractivity contribution in [3.8, 4) is 0 Å². The Kier molecular flexibility index (Phi) is 1.93. The van der Waals surface area contributed by atoms with Crippen LogP contribution in [0.4, 0.5) is 0 Å². The van der Waals surface area contributed by atoms with E-state index in [0.29, 0.717) is 0 Å². The third-order valence-electron chi connectivity index (χ3n) is 1.23. The molecule has 0 N–H and O–H groups in total. The Balaban J connectivity index is 2.65. The maximum absolute atomic E-state index is 3.93. The van der Waals surface area contributed by atoms with Gasteiger partial charge in [0.25, 0.3) is 0 Å². The fourth-order valence-electron chi connectivity index (χ4n) is 0.912.